The van der Waals surface area contributed by atoms with Gasteiger partial charge in [-0.1, -0.05) is 84.9 Å². The number of hydrogen-bond acceptors (Lipinski definition) is 5. The van der Waals surface area contributed by atoms with Crippen LogP contribution in [0.15, 0.2) is 180 Å². The van der Waals surface area contributed by atoms with Crippen molar-refractivity contribution >= 4 is 92.8 Å². The van der Waals surface area contributed by atoms with E-state index in [-0.39, 0.29) is 0 Å². The highest BCUT2D eigenvalue weighted by molar-refractivity contribution is 7.21. The van der Waals surface area contributed by atoms with Gasteiger partial charge in [-0.05, 0) is 134 Å². The van der Waals surface area contributed by atoms with Crippen LogP contribution >= 0.6 is 11.3 Å². The average molecular weight is 696 g/mol. The molecule has 0 saturated heterocycles. The number of benzene rings is 9. The molecule has 0 atom stereocenters. The molecule has 11 aromatic rings. The van der Waals surface area contributed by atoms with Gasteiger partial charge >= 0.3 is 0 Å². The van der Waals surface area contributed by atoms with Crippen LogP contribution in [0, 0.1) is 0 Å². The zero-order chi connectivity index (χ0) is 34.9. The van der Waals surface area contributed by atoms with Crippen LogP contribution < -0.4 is 4.90 Å². The molecular weight excluding hydrogens is 667 g/mol. The lowest BCUT2D eigenvalue weighted by Crippen LogP contribution is -2.10. The Kier molecular flexibility index (Phi) is 6.69. The van der Waals surface area contributed by atoms with E-state index < -0.39 is 0 Å². The number of hydrogen-bond donors (Lipinski definition) is 0. The van der Waals surface area contributed by atoms with Crippen LogP contribution in [0.2, 0.25) is 0 Å². The molecule has 4 nitrogen and oxygen atoms in total. The molecule has 0 aliphatic heterocycles. The third kappa shape index (κ3) is 5.21. The lowest BCUT2D eigenvalue weighted by molar-refractivity contribution is 0.620. The first-order valence-electron chi connectivity index (χ1n) is 17.7. The highest BCUT2D eigenvalue weighted by atomic mass is 32.1. The molecule has 0 fully saturated rings. The molecule has 5 heteroatoms. The third-order valence-electron chi connectivity index (χ3n) is 10.2. The van der Waals surface area contributed by atoms with Crippen molar-refractivity contribution in [2.24, 2.45) is 0 Å². The van der Waals surface area contributed by atoms with Crippen LogP contribution in [0.1, 0.15) is 0 Å². The highest BCUT2D eigenvalue weighted by Gasteiger charge is 2.17. The van der Waals surface area contributed by atoms with Crippen molar-refractivity contribution in [3.63, 3.8) is 0 Å². The van der Waals surface area contributed by atoms with E-state index in [0.29, 0.717) is 5.89 Å². The molecule has 0 unspecified atom stereocenters. The molecule has 2 aromatic heterocycles. The first-order valence-corrected chi connectivity index (χ1v) is 18.5. The first-order chi connectivity index (χ1) is 26.2. The Morgan fingerprint density at radius 1 is 0.396 bits per heavy atom. The van der Waals surface area contributed by atoms with Crippen LogP contribution in [0.4, 0.5) is 17.1 Å². The highest BCUT2D eigenvalue weighted by Crippen LogP contribution is 2.41. The summed E-state index contributed by atoms with van der Waals surface area (Å²) in [6.07, 6.45) is 0. The van der Waals surface area contributed by atoms with Crippen LogP contribution in [0.25, 0.3) is 86.4 Å². The molecular formula is C48H29N3OS. The standard InChI is InChI=1S/C48H29N3OS/c1-2-8-31-26-39-29-42(22-19-34(39)23-30(31)7-1)51(40-20-17-32-24-37(15-13-35(32)27-40)47-49-43-9-3-5-11-45(43)52-47)41-21-18-33-25-38(16-14-36(33)28-41)48-50-44-10-4-6-12-46(44)53-48/h1-29H. The Morgan fingerprint density at radius 3 is 1.60 bits per heavy atom. The minimum atomic E-state index is 0.630. The normalized spacial score (nSPS) is 11.8. The molecule has 248 valence electrons. The van der Waals surface area contributed by atoms with E-state index in [2.05, 4.69) is 150 Å². The van der Waals surface area contributed by atoms with Crippen LogP contribution in [-0.4, -0.2) is 9.97 Å². The second kappa shape index (κ2) is 11.9. The Balaban J connectivity index is 1.03. The van der Waals surface area contributed by atoms with Gasteiger partial charge in [0, 0.05) is 28.2 Å². The minimum Gasteiger partial charge on any atom is -0.436 e. The predicted molar refractivity (Wildman–Crippen MR) is 223 cm³/mol. The number of oxazole rings is 1. The molecule has 53 heavy (non-hydrogen) atoms. The van der Waals surface area contributed by atoms with Crippen molar-refractivity contribution in [2.45, 2.75) is 0 Å². The molecule has 0 radical (unpaired) electrons. The fraction of sp³-hybridized carbons (Fsp3) is 0. The summed E-state index contributed by atoms with van der Waals surface area (Å²) in [5.74, 6) is 0.630. The fourth-order valence-corrected chi connectivity index (χ4v) is 8.48. The summed E-state index contributed by atoms with van der Waals surface area (Å²) >= 11 is 1.74. The SMILES string of the molecule is c1ccc2cc3cc(N(c4ccc5cc(-c6nc7ccccc7o6)ccc5c4)c4ccc5cc(-c6nc7ccccc7s6)ccc5c4)ccc3cc2c1. The summed E-state index contributed by atoms with van der Waals surface area (Å²) in [6.45, 7) is 0. The molecule has 9 aromatic carbocycles. The molecule has 11 rings (SSSR count). The zero-order valence-corrected chi connectivity index (χ0v) is 29.2. The molecule has 0 aliphatic rings. The van der Waals surface area contributed by atoms with Crippen molar-refractivity contribution in [1.29, 1.82) is 0 Å². The van der Waals surface area contributed by atoms with E-state index in [9.17, 15) is 0 Å². The largest absolute Gasteiger partial charge is 0.436 e. The second-order valence-corrected chi connectivity index (χ2v) is 14.6. The van der Waals surface area contributed by atoms with Crippen LogP contribution in [0.5, 0.6) is 0 Å². The van der Waals surface area contributed by atoms with Crippen molar-refractivity contribution < 1.29 is 4.42 Å². The summed E-state index contributed by atoms with van der Waals surface area (Å²) < 4.78 is 7.31. The lowest BCUT2D eigenvalue weighted by Gasteiger charge is -2.26. The van der Waals surface area contributed by atoms with Gasteiger partial charge in [0.2, 0.25) is 5.89 Å². The number of fused-ring (bicyclic) bond motifs is 6. The monoisotopic (exact) mass is 695 g/mol. The van der Waals surface area contributed by atoms with Crippen LogP contribution in [-0.2, 0) is 0 Å². The molecule has 0 aliphatic carbocycles. The Morgan fingerprint density at radius 2 is 0.906 bits per heavy atom. The summed E-state index contributed by atoms with van der Waals surface area (Å²) in [4.78, 5) is 12.0. The van der Waals surface area contributed by atoms with Gasteiger partial charge in [0.1, 0.15) is 10.5 Å². The molecule has 2 heterocycles. The van der Waals surface area contributed by atoms with Crippen molar-refractivity contribution in [2.75, 3.05) is 4.90 Å². The van der Waals surface area contributed by atoms with E-state index >= 15 is 0 Å². The fourth-order valence-electron chi connectivity index (χ4n) is 7.52. The van der Waals surface area contributed by atoms with E-state index in [1.165, 1.54) is 37.0 Å². The maximum absolute atomic E-state index is 6.10. The van der Waals surface area contributed by atoms with Gasteiger partial charge in [-0.3, -0.25) is 0 Å². The molecule has 0 bridgehead atoms. The number of para-hydroxylation sites is 3. The van der Waals surface area contributed by atoms with Crippen LogP contribution in [0.3, 0.4) is 0 Å². The Hall–Kier alpha value is -6.82. The summed E-state index contributed by atoms with van der Waals surface area (Å²) in [7, 11) is 0. The summed E-state index contributed by atoms with van der Waals surface area (Å²) in [6, 6.07) is 62.7. The smallest absolute Gasteiger partial charge is 0.227 e. The van der Waals surface area contributed by atoms with Gasteiger partial charge in [-0.15, -0.1) is 11.3 Å². The lowest BCUT2D eigenvalue weighted by atomic mass is 10.0. The number of nitrogens with zero attached hydrogens (tertiary/aromatic N) is 3. The number of thiazole rings is 1. The van der Waals surface area contributed by atoms with Gasteiger partial charge in [0.15, 0.2) is 5.58 Å². The van der Waals surface area contributed by atoms with Gasteiger partial charge in [0.25, 0.3) is 0 Å². The third-order valence-corrected chi connectivity index (χ3v) is 11.3. The van der Waals surface area contributed by atoms with Gasteiger partial charge in [-0.2, -0.15) is 0 Å². The van der Waals surface area contributed by atoms with E-state index in [4.69, 9.17) is 14.4 Å². The van der Waals surface area contributed by atoms with Gasteiger partial charge < -0.3 is 9.32 Å². The van der Waals surface area contributed by atoms with Crippen molar-refractivity contribution in [3.05, 3.63) is 176 Å². The Bertz CT molecular complexity index is 2990. The molecule has 0 saturated carbocycles. The van der Waals surface area contributed by atoms with E-state index in [1.54, 1.807) is 11.3 Å². The van der Waals surface area contributed by atoms with E-state index in [1.807, 2.05) is 30.3 Å². The molecule has 0 spiro atoms. The quantitative estimate of drug-likeness (QED) is 0.168. The minimum absolute atomic E-state index is 0.630. The van der Waals surface area contributed by atoms with Crippen molar-refractivity contribution in [3.8, 4) is 22.0 Å². The predicted octanol–water partition coefficient (Wildman–Crippen LogP) is 13.9. The average Bonchev–Trinajstić information content (AvgIpc) is 3.85. The van der Waals surface area contributed by atoms with Gasteiger partial charge in [-0.25, -0.2) is 9.97 Å². The maximum atomic E-state index is 6.10. The number of rotatable bonds is 5. The second-order valence-electron chi connectivity index (χ2n) is 13.5. The van der Waals surface area contributed by atoms with Gasteiger partial charge in [0.05, 0.1) is 10.2 Å². The first kappa shape index (κ1) is 29.9. The maximum Gasteiger partial charge on any atom is 0.227 e. The molecule has 0 amide bonds. The number of anilines is 3. The number of aromatic nitrogens is 2. The van der Waals surface area contributed by atoms with Crippen molar-refractivity contribution in [1.82, 2.24) is 9.97 Å². The summed E-state index contributed by atoms with van der Waals surface area (Å²) in [5, 5.41) is 10.6. The molecule has 0 N–H and O–H groups in total. The summed E-state index contributed by atoms with van der Waals surface area (Å²) in [5.41, 5.74) is 8.06. The van der Waals surface area contributed by atoms with E-state index in [0.717, 1.165) is 60.6 Å². The Labute approximate surface area is 308 Å². The topological polar surface area (TPSA) is 42.2 Å². The zero-order valence-electron chi connectivity index (χ0n) is 28.4.